The van der Waals surface area contributed by atoms with E-state index in [0.717, 1.165) is 0 Å². The van der Waals surface area contributed by atoms with Crippen LogP contribution in [0.4, 0.5) is 0 Å². The number of rotatable bonds is 4. The van der Waals surface area contributed by atoms with Crippen LogP contribution in [0.1, 0.15) is 16.8 Å². The van der Waals surface area contributed by atoms with Gasteiger partial charge in [0.1, 0.15) is 5.56 Å². The molecule has 1 amide bonds. The Morgan fingerprint density at radius 1 is 1.45 bits per heavy atom. The molecule has 0 bridgehead atoms. The van der Waals surface area contributed by atoms with Crippen molar-refractivity contribution in [2.24, 2.45) is 0 Å². The molecule has 1 aliphatic heterocycles. The van der Waals surface area contributed by atoms with Gasteiger partial charge in [0, 0.05) is 26.3 Å². The van der Waals surface area contributed by atoms with Gasteiger partial charge >= 0.3 is 5.97 Å². The van der Waals surface area contributed by atoms with E-state index in [9.17, 15) is 14.7 Å². The average molecular weight is 280 g/mol. The predicted molar refractivity (Wildman–Crippen MR) is 68.7 cm³/mol. The molecule has 2 rings (SSSR count). The van der Waals surface area contributed by atoms with Gasteiger partial charge in [0.2, 0.25) is 5.88 Å². The van der Waals surface area contributed by atoms with E-state index in [1.807, 2.05) is 0 Å². The minimum atomic E-state index is -1.33. The average Bonchev–Trinajstić information content (AvgIpc) is 2.92. The molecule has 2 heterocycles. The maximum atomic E-state index is 12.4. The Balaban J connectivity index is 2.22. The van der Waals surface area contributed by atoms with Gasteiger partial charge in [-0.3, -0.25) is 4.79 Å². The minimum Gasteiger partial charge on any atom is -0.480 e. The zero-order valence-electron chi connectivity index (χ0n) is 11.3. The van der Waals surface area contributed by atoms with Gasteiger partial charge in [0.05, 0.1) is 13.7 Å². The molecular weight excluding hydrogens is 264 g/mol. The summed E-state index contributed by atoms with van der Waals surface area (Å²) in [6.07, 6.45) is 1.78. The first-order valence-electron chi connectivity index (χ1n) is 6.11. The van der Waals surface area contributed by atoms with Crippen LogP contribution in [0.25, 0.3) is 0 Å². The van der Waals surface area contributed by atoms with Crippen LogP contribution in [0.5, 0.6) is 5.88 Å². The SMILES string of the molecule is COc1ncccc1C(=O)N1CCC(OC)(C(=O)O)C1. The number of carboxylic acids is 1. The Hall–Kier alpha value is -2.15. The minimum absolute atomic E-state index is 0.00964. The molecule has 0 radical (unpaired) electrons. The van der Waals surface area contributed by atoms with Gasteiger partial charge in [0.25, 0.3) is 5.91 Å². The third-order valence-corrected chi connectivity index (χ3v) is 3.49. The summed E-state index contributed by atoms with van der Waals surface area (Å²) < 4.78 is 10.1. The van der Waals surface area contributed by atoms with Crippen LogP contribution < -0.4 is 4.74 Å². The summed E-state index contributed by atoms with van der Waals surface area (Å²) in [5.74, 6) is -1.15. The maximum Gasteiger partial charge on any atom is 0.337 e. The number of amides is 1. The summed E-state index contributed by atoms with van der Waals surface area (Å²) in [6, 6.07) is 3.23. The zero-order valence-corrected chi connectivity index (χ0v) is 11.3. The summed E-state index contributed by atoms with van der Waals surface area (Å²) in [7, 11) is 2.77. The highest BCUT2D eigenvalue weighted by molar-refractivity contribution is 5.97. The Morgan fingerprint density at radius 3 is 2.75 bits per heavy atom. The molecule has 108 valence electrons. The van der Waals surface area contributed by atoms with Crippen molar-refractivity contribution in [3.8, 4) is 5.88 Å². The molecule has 0 spiro atoms. The van der Waals surface area contributed by atoms with Gasteiger partial charge in [-0.15, -0.1) is 0 Å². The summed E-state index contributed by atoms with van der Waals surface area (Å²) in [4.78, 5) is 29.1. The van der Waals surface area contributed by atoms with Crippen molar-refractivity contribution in [1.29, 1.82) is 0 Å². The monoisotopic (exact) mass is 280 g/mol. The van der Waals surface area contributed by atoms with Crippen LogP contribution in [0, 0.1) is 0 Å². The molecule has 20 heavy (non-hydrogen) atoms. The second-order valence-corrected chi connectivity index (χ2v) is 4.54. The summed E-state index contributed by atoms with van der Waals surface area (Å²) in [5, 5.41) is 9.23. The number of ether oxygens (including phenoxy) is 2. The quantitative estimate of drug-likeness (QED) is 0.859. The number of likely N-dealkylation sites (tertiary alicyclic amines) is 1. The van der Waals surface area contributed by atoms with Crippen molar-refractivity contribution in [3.63, 3.8) is 0 Å². The van der Waals surface area contributed by atoms with Crippen molar-refractivity contribution < 1.29 is 24.2 Å². The lowest BCUT2D eigenvalue weighted by atomic mass is 10.0. The molecule has 1 N–H and O–H groups in total. The van der Waals surface area contributed by atoms with Crippen molar-refractivity contribution in [3.05, 3.63) is 23.9 Å². The van der Waals surface area contributed by atoms with Crippen LogP contribution in [-0.4, -0.2) is 59.8 Å². The van der Waals surface area contributed by atoms with E-state index in [1.54, 1.807) is 12.1 Å². The third-order valence-electron chi connectivity index (χ3n) is 3.49. The molecule has 7 nitrogen and oxygen atoms in total. The number of pyridine rings is 1. The van der Waals surface area contributed by atoms with Crippen LogP contribution >= 0.6 is 0 Å². The molecule has 1 aromatic rings. The molecule has 1 aromatic heterocycles. The molecule has 7 heteroatoms. The van der Waals surface area contributed by atoms with Crippen LogP contribution in [0.2, 0.25) is 0 Å². The van der Waals surface area contributed by atoms with Crippen LogP contribution in [0.3, 0.4) is 0 Å². The molecule has 0 aromatic carbocycles. The van der Waals surface area contributed by atoms with E-state index in [0.29, 0.717) is 12.1 Å². The van der Waals surface area contributed by atoms with E-state index >= 15 is 0 Å². The fourth-order valence-corrected chi connectivity index (χ4v) is 2.27. The molecule has 0 aliphatic carbocycles. The molecule has 0 saturated carbocycles. The number of hydrogen-bond donors (Lipinski definition) is 1. The zero-order chi connectivity index (χ0) is 14.8. The number of carbonyl (C=O) groups excluding carboxylic acids is 1. The summed E-state index contributed by atoms with van der Waals surface area (Å²) >= 11 is 0. The summed E-state index contributed by atoms with van der Waals surface area (Å²) in [6.45, 7) is 0.326. The Labute approximate surface area is 116 Å². The van der Waals surface area contributed by atoms with Gasteiger partial charge < -0.3 is 19.5 Å². The third kappa shape index (κ3) is 2.32. The second-order valence-electron chi connectivity index (χ2n) is 4.54. The lowest BCUT2D eigenvalue weighted by molar-refractivity contribution is -0.160. The predicted octanol–water partition coefficient (Wildman–Crippen LogP) is 0.406. The molecule has 1 unspecified atom stereocenters. The van der Waals surface area contributed by atoms with E-state index in [-0.39, 0.29) is 24.8 Å². The Bertz CT molecular complexity index is 533. The van der Waals surface area contributed by atoms with Gasteiger partial charge in [-0.1, -0.05) is 0 Å². The number of nitrogens with zero attached hydrogens (tertiary/aromatic N) is 2. The number of aliphatic carboxylic acids is 1. The fourth-order valence-electron chi connectivity index (χ4n) is 2.27. The van der Waals surface area contributed by atoms with E-state index in [1.165, 1.54) is 25.3 Å². The first-order chi connectivity index (χ1) is 9.54. The lowest BCUT2D eigenvalue weighted by Gasteiger charge is -2.23. The first-order valence-corrected chi connectivity index (χ1v) is 6.11. The topological polar surface area (TPSA) is 89.0 Å². The number of aromatic nitrogens is 1. The Morgan fingerprint density at radius 2 is 2.20 bits per heavy atom. The molecular formula is C13H16N2O5. The van der Waals surface area contributed by atoms with Crippen LogP contribution in [-0.2, 0) is 9.53 Å². The number of methoxy groups -OCH3 is 2. The van der Waals surface area contributed by atoms with Crippen molar-refractivity contribution in [2.75, 3.05) is 27.3 Å². The van der Waals surface area contributed by atoms with Crippen LogP contribution in [0.15, 0.2) is 18.3 Å². The van der Waals surface area contributed by atoms with Gasteiger partial charge in [-0.2, -0.15) is 0 Å². The smallest absolute Gasteiger partial charge is 0.337 e. The largest absolute Gasteiger partial charge is 0.480 e. The number of hydrogen-bond acceptors (Lipinski definition) is 5. The van der Waals surface area contributed by atoms with Gasteiger partial charge in [-0.05, 0) is 12.1 Å². The maximum absolute atomic E-state index is 12.4. The second kappa shape index (κ2) is 5.46. The standard InChI is InChI=1S/C13H16N2O5/c1-19-10-9(4-3-6-14-10)11(16)15-7-5-13(8-15,20-2)12(17)18/h3-4,6H,5,7-8H2,1-2H3,(H,17,18). The van der Waals surface area contributed by atoms with Crippen molar-refractivity contribution in [2.45, 2.75) is 12.0 Å². The highest BCUT2D eigenvalue weighted by atomic mass is 16.5. The normalized spacial score (nSPS) is 21.8. The molecule has 1 aliphatic rings. The van der Waals surface area contributed by atoms with Crippen molar-refractivity contribution >= 4 is 11.9 Å². The highest BCUT2D eigenvalue weighted by Crippen LogP contribution is 2.27. The fraction of sp³-hybridized carbons (Fsp3) is 0.462. The Kier molecular flexibility index (Phi) is 3.89. The van der Waals surface area contributed by atoms with Crippen molar-refractivity contribution in [1.82, 2.24) is 9.88 Å². The number of carboxylic acid groups (broad SMARTS) is 1. The highest BCUT2D eigenvalue weighted by Gasteiger charge is 2.47. The van der Waals surface area contributed by atoms with E-state index in [4.69, 9.17) is 9.47 Å². The summed E-state index contributed by atoms with van der Waals surface area (Å²) in [5.41, 5.74) is -1.02. The first kappa shape index (κ1) is 14.3. The van der Waals surface area contributed by atoms with Gasteiger partial charge in [0.15, 0.2) is 5.60 Å². The molecule has 1 atom stereocenters. The number of carbonyl (C=O) groups is 2. The molecule has 1 fully saturated rings. The molecule has 1 saturated heterocycles. The van der Waals surface area contributed by atoms with E-state index in [2.05, 4.69) is 4.98 Å². The van der Waals surface area contributed by atoms with Gasteiger partial charge in [-0.25, -0.2) is 9.78 Å². The van der Waals surface area contributed by atoms with E-state index < -0.39 is 11.6 Å². The lowest BCUT2D eigenvalue weighted by Crippen LogP contribution is -2.44.